The fourth-order valence-corrected chi connectivity index (χ4v) is 3.40. The topological polar surface area (TPSA) is 20.2 Å². The van der Waals surface area contributed by atoms with Crippen molar-refractivity contribution >= 4 is 0 Å². The van der Waals surface area contributed by atoms with E-state index in [0.29, 0.717) is 0 Å². The summed E-state index contributed by atoms with van der Waals surface area (Å²) in [4.78, 5) is 0. The molecule has 0 saturated heterocycles. The Kier molecular flexibility index (Phi) is 8.77. The number of rotatable bonds is 9. The first-order valence-electron chi connectivity index (χ1n) is 8.89. The van der Waals surface area contributed by atoms with Crippen molar-refractivity contribution in [2.75, 3.05) is 0 Å². The lowest BCUT2D eigenvalue weighted by molar-refractivity contribution is 0.0132. The second-order valence-corrected chi connectivity index (χ2v) is 6.99. The zero-order chi connectivity index (χ0) is 14.0. The molecule has 19 heavy (non-hydrogen) atoms. The molecular formula is C18H36O. The van der Waals surface area contributed by atoms with Gasteiger partial charge in [-0.3, -0.25) is 0 Å². The molecule has 114 valence electrons. The first-order chi connectivity index (χ1) is 9.16. The van der Waals surface area contributed by atoms with E-state index in [9.17, 15) is 5.11 Å². The van der Waals surface area contributed by atoms with Crippen molar-refractivity contribution in [1.82, 2.24) is 0 Å². The van der Waals surface area contributed by atoms with E-state index in [1.54, 1.807) is 0 Å². The molecule has 1 nitrogen and oxygen atoms in total. The molecule has 0 amide bonds. The summed E-state index contributed by atoms with van der Waals surface area (Å²) in [6.07, 6.45) is 17.8. The zero-order valence-corrected chi connectivity index (χ0v) is 13.4. The number of aliphatic hydroxyl groups is 1. The predicted molar refractivity (Wildman–Crippen MR) is 84.4 cm³/mol. The third-order valence-electron chi connectivity index (χ3n) is 4.94. The SMILES string of the molecule is CCCCCCCCCCC1(O)CCCC(C)CC1. The molecule has 2 unspecified atom stereocenters. The van der Waals surface area contributed by atoms with Gasteiger partial charge in [-0.05, 0) is 31.6 Å². The van der Waals surface area contributed by atoms with Crippen molar-refractivity contribution in [3.63, 3.8) is 0 Å². The minimum absolute atomic E-state index is 0.313. The average Bonchev–Trinajstić information content (AvgIpc) is 2.56. The first-order valence-corrected chi connectivity index (χ1v) is 8.89. The van der Waals surface area contributed by atoms with Gasteiger partial charge in [0.25, 0.3) is 0 Å². The minimum Gasteiger partial charge on any atom is -0.390 e. The van der Waals surface area contributed by atoms with Gasteiger partial charge in [0, 0.05) is 0 Å². The Balaban J connectivity index is 2.01. The molecule has 1 fully saturated rings. The summed E-state index contributed by atoms with van der Waals surface area (Å²) < 4.78 is 0. The maximum Gasteiger partial charge on any atom is 0.0648 e. The maximum absolute atomic E-state index is 10.6. The maximum atomic E-state index is 10.6. The summed E-state index contributed by atoms with van der Waals surface area (Å²) in [6.45, 7) is 4.61. The molecule has 1 N–H and O–H groups in total. The van der Waals surface area contributed by atoms with E-state index in [2.05, 4.69) is 13.8 Å². The smallest absolute Gasteiger partial charge is 0.0648 e. The summed E-state index contributed by atoms with van der Waals surface area (Å²) in [5, 5.41) is 10.6. The third-order valence-corrected chi connectivity index (χ3v) is 4.94. The molecule has 1 aliphatic rings. The van der Waals surface area contributed by atoms with Gasteiger partial charge >= 0.3 is 0 Å². The molecular weight excluding hydrogens is 232 g/mol. The van der Waals surface area contributed by atoms with E-state index >= 15 is 0 Å². The molecule has 0 aliphatic heterocycles. The van der Waals surface area contributed by atoms with Crippen molar-refractivity contribution in [3.05, 3.63) is 0 Å². The summed E-state index contributed by atoms with van der Waals surface area (Å²) in [5.41, 5.74) is -0.313. The van der Waals surface area contributed by atoms with Crippen LogP contribution in [0.3, 0.4) is 0 Å². The Morgan fingerprint density at radius 3 is 2.21 bits per heavy atom. The zero-order valence-electron chi connectivity index (χ0n) is 13.4. The molecule has 0 heterocycles. The van der Waals surface area contributed by atoms with E-state index in [1.807, 2.05) is 0 Å². The Bertz CT molecular complexity index is 214. The van der Waals surface area contributed by atoms with Crippen molar-refractivity contribution in [1.29, 1.82) is 0 Å². The van der Waals surface area contributed by atoms with Crippen LogP contribution in [0, 0.1) is 5.92 Å². The highest BCUT2D eigenvalue weighted by Crippen LogP contribution is 2.33. The van der Waals surface area contributed by atoms with Gasteiger partial charge in [0.05, 0.1) is 5.60 Å². The first kappa shape index (κ1) is 17.0. The van der Waals surface area contributed by atoms with Gasteiger partial charge in [-0.15, -0.1) is 0 Å². The molecule has 1 heteroatoms. The predicted octanol–water partition coefficient (Wildman–Crippen LogP) is 5.85. The van der Waals surface area contributed by atoms with Gasteiger partial charge in [0.1, 0.15) is 0 Å². The van der Waals surface area contributed by atoms with Crippen LogP contribution in [0.5, 0.6) is 0 Å². The molecule has 1 aliphatic carbocycles. The quantitative estimate of drug-likeness (QED) is 0.411. The lowest BCUT2D eigenvalue weighted by atomic mass is 9.88. The highest BCUT2D eigenvalue weighted by Gasteiger charge is 2.28. The van der Waals surface area contributed by atoms with E-state index < -0.39 is 0 Å². The lowest BCUT2D eigenvalue weighted by Gasteiger charge is -2.26. The van der Waals surface area contributed by atoms with Crippen molar-refractivity contribution < 1.29 is 5.11 Å². The number of hydrogen-bond donors (Lipinski definition) is 1. The molecule has 1 saturated carbocycles. The Morgan fingerprint density at radius 2 is 1.53 bits per heavy atom. The summed E-state index contributed by atoms with van der Waals surface area (Å²) >= 11 is 0. The highest BCUT2D eigenvalue weighted by molar-refractivity contribution is 4.82. The van der Waals surface area contributed by atoms with Crippen LogP contribution in [0.15, 0.2) is 0 Å². The van der Waals surface area contributed by atoms with Gasteiger partial charge < -0.3 is 5.11 Å². The van der Waals surface area contributed by atoms with Crippen LogP contribution < -0.4 is 0 Å². The molecule has 0 aromatic rings. The Hall–Kier alpha value is -0.0400. The summed E-state index contributed by atoms with van der Waals surface area (Å²) in [5.74, 6) is 0.826. The monoisotopic (exact) mass is 268 g/mol. The normalized spacial score (nSPS) is 28.3. The van der Waals surface area contributed by atoms with Gasteiger partial charge in [-0.1, -0.05) is 78.1 Å². The van der Waals surface area contributed by atoms with E-state index in [1.165, 1.54) is 70.6 Å². The number of hydrogen-bond acceptors (Lipinski definition) is 1. The summed E-state index contributed by atoms with van der Waals surface area (Å²) in [7, 11) is 0. The van der Waals surface area contributed by atoms with Gasteiger partial charge in [0.15, 0.2) is 0 Å². The Labute approximate surface area is 121 Å². The van der Waals surface area contributed by atoms with Crippen LogP contribution >= 0.6 is 0 Å². The highest BCUT2D eigenvalue weighted by atomic mass is 16.3. The largest absolute Gasteiger partial charge is 0.390 e. The second kappa shape index (κ2) is 9.80. The molecule has 1 rings (SSSR count). The van der Waals surface area contributed by atoms with Gasteiger partial charge in [-0.25, -0.2) is 0 Å². The Morgan fingerprint density at radius 1 is 0.895 bits per heavy atom. The van der Waals surface area contributed by atoms with Gasteiger partial charge in [-0.2, -0.15) is 0 Å². The van der Waals surface area contributed by atoms with Crippen molar-refractivity contribution in [3.8, 4) is 0 Å². The lowest BCUT2D eigenvalue weighted by Crippen LogP contribution is -2.27. The third kappa shape index (κ3) is 7.97. The molecule has 0 aromatic carbocycles. The molecule has 2 atom stereocenters. The van der Waals surface area contributed by atoms with Crippen molar-refractivity contribution in [2.45, 2.75) is 109 Å². The molecule has 0 radical (unpaired) electrons. The van der Waals surface area contributed by atoms with E-state index in [-0.39, 0.29) is 5.60 Å². The fourth-order valence-electron chi connectivity index (χ4n) is 3.40. The fraction of sp³-hybridized carbons (Fsp3) is 1.00. The second-order valence-electron chi connectivity index (χ2n) is 6.99. The standard InChI is InChI=1S/C18H36O/c1-3-4-5-6-7-8-9-10-14-18(19)15-11-12-17(2)13-16-18/h17,19H,3-16H2,1-2H3. The minimum atomic E-state index is -0.313. The van der Waals surface area contributed by atoms with Crippen LogP contribution in [0.25, 0.3) is 0 Å². The van der Waals surface area contributed by atoms with Crippen molar-refractivity contribution in [2.24, 2.45) is 5.92 Å². The van der Waals surface area contributed by atoms with Crippen LogP contribution in [-0.2, 0) is 0 Å². The van der Waals surface area contributed by atoms with Crippen LogP contribution in [0.1, 0.15) is 104 Å². The molecule has 0 spiro atoms. The van der Waals surface area contributed by atoms with Crippen LogP contribution in [0.4, 0.5) is 0 Å². The summed E-state index contributed by atoms with van der Waals surface area (Å²) in [6, 6.07) is 0. The van der Waals surface area contributed by atoms with Crippen LogP contribution in [-0.4, -0.2) is 10.7 Å². The van der Waals surface area contributed by atoms with Gasteiger partial charge in [0.2, 0.25) is 0 Å². The average molecular weight is 268 g/mol. The van der Waals surface area contributed by atoms with E-state index in [4.69, 9.17) is 0 Å². The molecule has 0 aromatic heterocycles. The number of unbranched alkanes of at least 4 members (excludes halogenated alkanes) is 7. The van der Waals surface area contributed by atoms with E-state index in [0.717, 1.165) is 25.2 Å². The van der Waals surface area contributed by atoms with Crippen LogP contribution in [0.2, 0.25) is 0 Å². The molecule has 0 bridgehead atoms.